The number of rotatable bonds is 4. The minimum absolute atomic E-state index is 0.0942. The molecule has 1 saturated carbocycles. The van der Waals surface area contributed by atoms with Gasteiger partial charge in [-0.2, -0.15) is 10.1 Å². The van der Waals surface area contributed by atoms with Crippen molar-refractivity contribution in [3.05, 3.63) is 36.2 Å². The third kappa shape index (κ3) is 2.43. The second-order valence-electron chi connectivity index (χ2n) is 5.58. The highest BCUT2D eigenvalue weighted by Crippen LogP contribution is 2.30. The van der Waals surface area contributed by atoms with Gasteiger partial charge in [-0.1, -0.05) is 0 Å². The molecule has 112 valence electrons. The highest BCUT2D eigenvalue weighted by Gasteiger charge is 2.22. The summed E-state index contributed by atoms with van der Waals surface area (Å²) in [6, 6.07) is 1.81. The fraction of sp³-hybridized carbons (Fsp3) is 0.357. The molecule has 0 saturated heterocycles. The first-order chi connectivity index (χ1) is 10.7. The first-order valence-electron chi connectivity index (χ1n) is 7.21. The van der Waals surface area contributed by atoms with Gasteiger partial charge in [0.15, 0.2) is 0 Å². The molecule has 3 heterocycles. The molecule has 0 spiro atoms. The standard InChI is InChI=1S/C14H15N7O/c1-9-4-5-15-14-18-12(19-21(9)14)13(22)17-11-6-16-20(8-11)7-10-2-3-10/h4-6,8,10H,2-3,7H2,1H3,(H,17,22). The van der Waals surface area contributed by atoms with Gasteiger partial charge in [0, 0.05) is 24.6 Å². The summed E-state index contributed by atoms with van der Waals surface area (Å²) in [5.74, 6) is 0.875. The van der Waals surface area contributed by atoms with E-state index in [9.17, 15) is 4.79 Å². The molecule has 0 unspecified atom stereocenters. The van der Waals surface area contributed by atoms with Crippen molar-refractivity contribution in [1.29, 1.82) is 0 Å². The summed E-state index contributed by atoms with van der Waals surface area (Å²) >= 11 is 0. The van der Waals surface area contributed by atoms with Gasteiger partial charge in [-0.3, -0.25) is 9.48 Å². The lowest BCUT2D eigenvalue weighted by atomic mass is 10.4. The van der Waals surface area contributed by atoms with Crippen LogP contribution in [-0.2, 0) is 6.54 Å². The van der Waals surface area contributed by atoms with E-state index in [-0.39, 0.29) is 11.7 Å². The Kier molecular flexibility index (Phi) is 2.88. The van der Waals surface area contributed by atoms with Crippen LogP contribution in [0.3, 0.4) is 0 Å². The predicted octanol–water partition coefficient (Wildman–Crippen LogP) is 1.29. The summed E-state index contributed by atoms with van der Waals surface area (Å²) < 4.78 is 3.40. The Bertz CT molecular complexity index is 846. The average molecular weight is 297 g/mol. The number of carbonyl (C=O) groups excluding carboxylic acids is 1. The van der Waals surface area contributed by atoms with Crippen LogP contribution in [0.5, 0.6) is 0 Å². The summed E-state index contributed by atoms with van der Waals surface area (Å²) in [6.07, 6.45) is 7.64. The summed E-state index contributed by atoms with van der Waals surface area (Å²) in [7, 11) is 0. The van der Waals surface area contributed by atoms with Gasteiger partial charge in [0.25, 0.3) is 11.7 Å². The molecule has 1 N–H and O–H groups in total. The van der Waals surface area contributed by atoms with Crippen LogP contribution < -0.4 is 5.32 Å². The van der Waals surface area contributed by atoms with E-state index in [1.54, 1.807) is 16.9 Å². The minimum atomic E-state index is -0.365. The van der Waals surface area contributed by atoms with Crippen LogP contribution in [0.25, 0.3) is 5.78 Å². The van der Waals surface area contributed by atoms with Gasteiger partial charge in [-0.15, -0.1) is 5.10 Å². The Hall–Kier alpha value is -2.77. The summed E-state index contributed by atoms with van der Waals surface area (Å²) in [6.45, 7) is 2.79. The van der Waals surface area contributed by atoms with Crippen LogP contribution >= 0.6 is 0 Å². The van der Waals surface area contributed by atoms with E-state index in [1.165, 1.54) is 12.8 Å². The highest BCUT2D eigenvalue weighted by molar-refractivity contribution is 6.01. The summed E-state index contributed by atoms with van der Waals surface area (Å²) in [5.41, 5.74) is 1.52. The van der Waals surface area contributed by atoms with Gasteiger partial charge in [0.1, 0.15) is 0 Å². The van der Waals surface area contributed by atoms with Gasteiger partial charge >= 0.3 is 0 Å². The molecule has 3 aromatic heterocycles. The maximum absolute atomic E-state index is 12.2. The average Bonchev–Trinajstić information content (AvgIpc) is 3.01. The first-order valence-corrected chi connectivity index (χ1v) is 7.21. The van der Waals surface area contributed by atoms with Crippen LogP contribution in [0.4, 0.5) is 5.69 Å². The lowest BCUT2D eigenvalue weighted by molar-refractivity contribution is 0.101. The fourth-order valence-electron chi connectivity index (χ4n) is 2.28. The molecular formula is C14H15N7O. The number of aryl methyl sites for hydroxylation is 1. The van der Waals surface area contributed by atoms with Crippen molar-refractivity contribution in [2.75, 3.05) is 5.32 Å². The van der Waals surface area contributed by atoms with Crippen LogP contribution in [0.2, 0.25) is 0 Å². The lowest BCUT2D eigenvalue weighted by Crippen LogP contribution is -2.13. The molecule has 1 aliphatic carbocycles. The number of hydrogen-bond donors (Lipinski definition) is 1. The van der Waals surface area contributed by atoms with Crippen molar-refractivity contribution in [1.82, 2.24) is 29.4 Å². The maximum atomic E-state index is 12.2. The molecule has 8 heteroatoms. The Morgan fingerprint density at radius 1 is 1.45 bits per heavy atom. The molecule has 0 radical (unpaired) electrons. The Labute approximate surface area is 126 Å². The van der Waals surface area contributed by atoms with Crippen LogP contribution in [0.15, 0.2) is 24.7 Å². The van der Waals surface area contributed by atoms with E-state index < -0.39 is 0 Å². The number of fused-ring (bicyclic) bond motifs is 1. The number of amides is 1. The maximum Gasteiger partial charge on any atom is 0.295 e. The van der Waals surface area contributed by atoms with Gasteiger partial charge in [-0.05, 0) is 31.7 Å². The van der Waals surface area contributed by atoms with Crippen molar-refractivity contribution < 1.29 is 4.79 Å². The molecule has 1 amide bonds. The fourth-order valence-corrected chi connectivity index (χ4v) is 2.28. The van der Waals surface area contributed by atoms with Crippen LogP contribution in [0, 0.1) is 12.8 Å². The SMILES string of the molecule is Cc1ccnc2nc(C(=O)Nc3cnn(CC4CC4)c3)nn12. The van der Waals surface area contributed by atoms with Gasteiger partial charge in [-0.25, -0.2) is 9.50 Å². The van der Waals surface area contributed by atoms with E-state index in [1.807, 2.05) is 23.9 Å². The van der Waals surface area contributed by atoms with E-state index in [4.69, 9.17) is 0 Å². The highest BCUT2D eigenvalue weighted by atomic mass is 16.2. The Morgan fingerprint density at radius 3 is 3.09 bits per heavy atom. The first kappa shape index (κ1) is 12.9. The zero-order valence-electron chi connectivity index (χ0n) is 12.1. The van der Waals surface area contributed by atoms with E-state index >= 15 is 0 Å². The van der Waals surface area contributed by atoms with Crippen LogP contribution in [0.1, 0.15) is 29.2 Å². The smallest absolute Gasteiger partial charge is 0.295 e. The molecule has 0 bridgehead atoms. The molecule has 22 heavy (non-hydrogen) atoms. The third-order valence-electron chi connectivity index (χ3n) is 3.67. The topological polar surface area (TPSA) is 90.0 Å². The molecule has 1 fully saturated rings. The quantitative estimate of drug-likeness (QED) is 0.783. The number of nitrogens with zero attached hydrogens (tertiary/aromatic N) is 6. The zero-order chi connectivity index (χ0) is 15.1. The summed E-state index contributed by atoms with van der Waals surface area (Å²) in [5, 5.41) is 11.2. The molecular weight excluding hydrogens is 282 g/mol. The number of anilines is 1. The molecule has 4 rings (SSSR count). The molecule has 8 nitrogen and oxygen atoms in total. The lowest BCUT2D eigenvalue weighted by Gasteiger charge is -1.98. The molecule has 3 aromatic rings. The van der Waals surface area contributed by atoms with E-state index in [0.717, 1.165) is 18.2 Å². The summed E-state index contributed by atoms with van der Waals surface area (Å²) in [4.78, 5) is 20.4. The van der Waals surface area contributed by atoms with Gasteiger partial charge < -0.3 is 5.32 Å². The van der Waals surface area contributed by atoms with E-state index in [0.29, 0.717) is 11.5 Å². The van der Waals surface area contributed by atoms with Gasteiger partial charge in [0.2, 0.25) is 5.82 Å². The molecule has 1 aliphatic rings. The second kappa shape index (κ2) is 4.90. The number of aromatic nitrogens is 6. The van der Waals surface area contributed by atoms with Crippen molar-refractivity contribution in [3.63, 3.8) is 0 Å². The molecule has 0 aromatic carbocycles. The van der Waals surface area contributed by atoms with Crippen molar-refractivity contribution in [3.8, 4) is 0 Å². The number of nitrogens with one attached hydrogen (secondary N) is 1. The largest absolute Gasteiger partial charge is 0.316 e. The predicted molar refractivity (Wildman–Crippen MR) is 78.4 cm³/mol. The minimum Gasteiger partial charge on any atom is -0.316 e. The van der Waals surface area contributed by atoms with Crippen molar-refractivity contribution in [2.45, 2.75) is 26.3 Å². The Morgan fingerprint density at radius 2 is 2.32 bits per heavy atom. The Balaban J connectivity index is 1.52. The van der Waals surface area contributed by atoms with Crippen molar-refractivity contribution >= 4 is 17.4 Å². The molecule has 0 atom stereocenters. The van der Waals surface area contributed by atoms with E-state index in [2.05, 4.69) is 25.5 Å². The normalized spacial score (nSPS) is 14.4. The monoisotopic (exact) mass is 297 g/mol. The third-order valence-corrected chi connectivity index (χ3v) is 3.67. The number of carbonyl (C=O) groups is 1. The second-order valence-corrected chi connectivity index (χ2v) is 5.58. The van der Waals surface area contributed by atoms with Crippen molar-refractivity contribution in [2.24, 2.45) is 5.92 Å². The molecule has 0 aliphatic heterocycles. The van der Waals surface area contributed by atoms with Crippen LogP contribution in [-0.4, -0.2) is 35.3 Å². The zero-order valence-corrected chi connectivity index (χ0v) is 12.1. The van der Waals surface area contributed by atoms with Gasteiger partial charge in [0.05, 0.1) is 11.9 Å². The number of hydrogen-bond acceptors (Lipinski definition) is 5.